The van der Waals surface area contributed by atoms with E-state index < -0.39 is 32.7 Å². The molecule has 0 saturated heterocycles. The van der Waals surface area contributed by atoms with Crippen molar-refractivity contribution < 1.29 is 31.7 Å². The third-order valence-electron chi connectivity index (χ3n) is 2.06. The Hall–Kier alpha value is -1.51. The van der Waals surface area contributed by atoms with Gasteiger partial charge in [-0.1, -0.05) is 11.6 Å². The number of rotatable bonds is 4. The fraction of sp³-hybridized carbons (Fsp3) is 0.200. The second kappa shape index (κ2) is 5.64. The van der Waals surface area contributed by atoms with E-state index >= 15 is 0 Å². The zero-order chi connectivity index (χ0) is 14.8. The Bertz CT molecular complexity index is 627. The Kier molecular flexibility index (Phi) is 4.61. The molecule has 1 aromatic rings. The third-order valence-corrected chi connectivity index (χ3v) is 3.36. The molecular formula is C10H8ClFO6S. The van der Waals surface area contributed by atoms with E-state index in [2.05, 4.69) is 4.74 Å². The van der Waals surface area contributed by atoms with Crippen LogP contribution in [0.4, 0.5) is 4.39 Å². The first-order valence-corrected chi connectivity index (χ1v) is 6.64. The van der Waals surface area contributed by atoms with E-state index in [4.69, 9.17) is 16.2 Å². The number of hydrogen-bond donors (Lipinski definition) is 1. The summed E-state index contributed by atoms with van der Waals surface area (Å²) in [4.78, 5) is 21.4. The first-order chi connectivity index (χ1) is 8.66. The van der Waals surface area contributed by atoms with Crippen molar-refractivity contribution in [1.29, 1.82) is 0 Å². The maximum atomic E-state index is 13.7. The molecule has 0 aliphatic rings. The molecule has 0 spiro atoms. The first kappa shape index (κ1) is 15.5. The van der Waals surface area contributed by atoms with E-state index in [1.54, 1.807) is 0 Å². The average Bonchev–Trinajstić information content (AvgIpc) is 2.23. The minimum atomic E-state index is -4.82. The summed E-state index contributed by atoms with van der Waals surface area (Å²) < 4.78 is 48.9. The van der Waals surface area contributed by atoms with Crippen LogP contribution in [0.25, 0.3) is 0 Å². The lowest BCUT2D eigenvalue weighted by Gasteiger charge is -2.11. The predicted octanol–water partition coefficient (Wildman–Crippen LogP) is 1.53. The fourth-order valence-corrected chi connectivity index (χ4v) is 2.15. The summed E-state index contributed by atoms with van der Waals surface area (Å²) in [5.74, 6) is -2.23. The summed E-state index contributed by atoms with van der Waals surface area (Å²) in [6.07, 6.45) is -0.143. The molecule has 0 aliphatic heterocycles. The van der Waals surface area contributed by atoms with Crippen molar-refractivity contribution in [3.63, 3.8) is 0 Å². The van der Waals surface area contributed by atoms with Gasteiger partial charge in [-0.3, -0.25) is 9.35 Å². The number of ether oxygens (including phenoxy) is 1. The van der Waals surface area contributed by atoms with Crippen molar-refractivity contribution in [3.8, 4) is 5.75 Å². The standard InChI is InChI=1S/C10H8ClFO6S/c1-5(14)18-9-3-8(12)6(2-7(9)11)10(4-13)19(15,16)17/h2-4,10H,1H3,(H,15,16,17). The van der Waals surface area contributed by atoms with Gasteiger partial charge in [-0.25, -0.2) is 4.39 Å². The molecule has 6 nitrogen and oxygen atoms in total. The van der Waals surface area contributed by atoms with Gasteiger partial charge in [-0.2, -0.15) is 8.42 Å². The molecule has 0 heterocycles. The Balaban J connectivity index is 3.36. The Labute approximate surface area is 112 Å². The van der Waals surface area contributed by atoms with Crippen LogP contribution < -0.4 is 4.74 Å². The van der Waals surface area contributed by atoms with Crippen LogP contribution in [0.3, 0.4) is 0 Å². The molecule has 0 bridgehead atoms. The lowest BCUT2D eigenvalue weighted by Crippen LogP contribution is -2.15. The molecule has 1 N–H and O–H groups in total. The third kappa shape index (κ3) is 3.72. The highest BCUT2D eigenvalue weighted by Crippen LogP contribution is 2.32. The van der Waals surface area contributed by atoms with Crippen LogP contribution in [0.2, 0.25) is 5.02 Å². The minimum Gasteiger partial charge on any atom is -0.425 e. The summed E-state index contributed by atoms with van der Waals surface area (Å²) in [7, 11) is -4.82. The zero-order valence-electron chi connectivity index (χ0n) is 9.46. The quantitative estimate of drug-likeness (QED) is 0.392. The van der Waals surface area contributed by atoms with Crippen molar-refractivity contribution in [3.05, 3.63) is 28.5 Å². The fourth-order valence-electron chi connectivity index (χ4n) is 1.30. The molecule has 1 atom stereocenters. The molecule has 1 aromatic carbocycles. The summed E-state index contributed by atoms with van der Waals surface area (Å²) in [6, 6.07) is 1.45. The van der Waals surface area contributed by atoms with Crippen LogP contribution in [0.5, 0.6) is 5.75 Å². The summed E-state index contributed by atoms with van der Waals surface area (Å²) in [5.41, 5.74) is -0.640. The maximum Gasteiger partial charge on any atom is 0.308 e. The molecule has 104 valence electrons. The molecule has 0 radical (unpaired) electrons. The van der Waals surface area contributed by atoms with E-state index in [-0.39, 0.29) is 17.1 Å². The van der Waals surface area contributed by atoms with Gasteiger partial charge >= 0.3 is 5.97 Å². The number of benzene rings is 1. The molecule has 0 aliphatic carbocycles. The number of esters is 1. The molecule has 0 fully saturated rings. The molecule has 9 heteroatoms. The van der Waals surface area contributed by atoms with Gasteiger partial charge in [0.1, 0.15) is 12.1 Å². The van der Waals surface area contributed by atoms with Crippen molar-refractivity contribution in [2.24, 2.45) is 0 Å². The molecule has 0 amide bonds. The molecule has 1 unspecified atom stereocenters. The SMILES string of the molecule is CC(=O)Oc1cc(F)c(C(C=O)S(=O)(=O)O)cc1Cl. The van der Waals surface area contributed by atoms with E-state index in [0.29, 0.717) is 6.07 Å². The Morgan fingerprint density at radius 3 is 2.53 bits per heavy atom. The van der Waals surface area contributed by atoms with E-state index in [1.165, 1.54) is 0 Å². The van der Waals surface area contributed by atoms with Crippen LogP contribution in [-0.2, 0) is 19.7 Å². The van der Waals surface area contributed by atoms with Crippen molar-refractivity contribution in [2.45, 2.75) is 12.2 Å². The molecule has 1 rings (SSSR count). The van der Waals surface area contributed by atoms with Gasteiger partial charge in [-0.05, 0) is 6.07 Å². The number of carbonyl (C=O) groups is 2. The monoisotopic (exact) mass is 310 g/mol. The van der Waals surface area contributed by atoms with Crippen LogP contribution in [-0.4, -0.2) is 25.2 Å². The number of carbonyl (C=O) groups excluding carboxylic acids is 2. The predicted molar refractivity (Wildman–Crippen MR) is 63.1 cm³/mol. The second-order valence-electron chi connectivity index (χ2n) is 3.47. The highest BCUT2D eigenvalue weighted by atomic mass is 35.5. The van der Waals surface area contributed by atoms with Gasteiger partial charge < -0.3 is 9.53 Å². The topological polar surface area (TPSA) is 97.7 Å². The van der Waals surface area contributed by atoms with E-state index in [9.17, 15) is 22.4 Å². The van der Waals surface area contributed by atoms with Crippen molar-refractivity contribution in [2.75, 3.05) is 0 Å². The van der Waals surface area contributed by atoms with E-state index in [1.807, 2.05) is 0 Å². The van der Waals surface area contributed by atoms with Crippen LogP contribution >= 0.6 is 11.6 Å². The molecule has 0 aromatic heterocycles. The molecule has 0 saturated carbocycles. The maximum absolute atomic E-state index is 13.7. The number of aldehydes is 1. The van der Waals surface area contributed by atoms with Crippen molar-refractivity contribution in [1.82, 2.24) is 0 Å². The summed E-state index contributed by atoms with van der Waals surface area (Å²) >= 11 is 5.66. The average molecular weight is 311 g/mol. The molecule has 19 heavy (non-hydrogen) atoms. The van der Waals surface area contributed by atoms with Crippen LogP contribution in [0.15, 0.2) is 12.1 Å². The van der Waals surface area contributed by atoms with Crippen molar-refractivity contribution >= 4 is 34.0 Å². The summed E-state index contributed by atoms with van der Waals surface area (Å²) in [6.45, 7) is 1.06. The molecular weight excluding hydrogens is 303 g/mol. The van der Waals surface area contributed by atoms with Gasteiger partial charge in [0, 0.05) is 18.6 Å². The van der Waals surface area contributed by atoms with Gasteiger partial charge in [0.25, 0.3) is 10.1 Å². The van der Waals surface area contributed by atoms with Crippen LogP contribution in [0, 0.1) is 5.82 Å². The smallest absolute Gasteiger partial charge is 0.308 e. The van der Waals surface area contributed by atoms with Gasteiger partial charge in [0.05, 0.1) is 5.02 Å². The highest BCUT2D eigenvalue weighted by molar-refractivity contribution is 7.86. The van der Waals surface area contributed by atoms with Gasteiger partial charge in [0.2, 0.25) is 0 Å². The first-order valence-electron chi connectivity index (χ1n) is 4.75. The zero-order valence-corrected chi connectivity index (χ0v) is 11.0. The Morgan fingerprint density at radius 1 is 1.53 bits per heavy atom. The van der Waals surface area contributed by atoms with Crippen LogP contribution in [0.1, 0.15) is 17.7 Å². The van der Waals surface area contributed by atoms with E-state index in [0.717, 1.165) is 13.0 Å². The largest absolute Gasteiger partial charge is 0.425 e. The number of halogens is 2. The normalized spacial score (nSPS) is 12.8. The lowest BCUT2D eigenvalue weighted by atomic mass is 10.1. The summed E-state index contributed by atoms with van der Waals surface area (Å²) in [5, 5.41) is -2.38. The highest BCUT2D eigenvalue weighted by Gasteiger charge is 2.28. The minimum absolute atomic E-state index is 0.143. The van der Waals surface area contributed by atoms with Gasteiger partial charge in [-0.15, -0.1) is 0 Å². The Morgan fingerprint density at radius 2 is 2.11 bits per heavy atom. The second-order valence-corrected chi connectivity index (χ2v) is 5.41. The number of hydrogen-bond acceptors (Lipinski definition) is 5. The lowest BCUT2D eigenvalue weighted by molar-refractivity contribution is -0.131. The van der Waals surface area contributed by atoms with Gasteiger partial charge in [0.15, 0.2) is 11.0 Å².